The zero-order valence-electron chi connectivity index (χ0n) is 27.1. The third kappa shape index (κ3) is 7.92. The van der Waals surface area contributed by atoms with Gasteiger partial charge in [0.2, 0.25) is 5.91 Å². The predicted molar refractivity (Wildman–Crippen MR) is 182 cm³/mol. The number of rotatable bonds is 11. The molecule has 246 valence electrons. The Kier molecular flexibility index (Phi) is 10.6. The van der Waals surface area contributed by atoms with Gasteiger partial charge >= 0.3 is 6.09 Å². The molecule has 0 radical (unpaired) electrons. The first-order valence-corrected chi connectivity index (χ1v) is 17.8. The Morgan fingerprint density at radius 2 is 1.74 bits per heavy atom. The smallest absolute Gasteiger partial charge is 0.407 e. The number of aliphatic hydroxyl groups is 1. The summed E-state index contributed by atoms with van der Waals surface area (Å²) in [6.07, 6.45) is 11.3. The Balaban J connectivity index is 1.15. The minimum atomic E-state index is -0.504. The number of amides is 2. The third-order valence-corrected chi connectivity index (χ3v) is 11.3. The lowest BCUT2D eigenvalue weighted by atomic mass is 9.78. The van der Waals surface area contributed by atoms with E-state index >= 15 is 0 Å². The molecule has 2 amide bonds. The normalized spacial score (nSPS) is 23.0. The molecule has 0 aliphatic heterocycles. The van der Waals surface area contributed by atoms with Crippen molar-refractivity contribution in [3.8, 4) is 16.2 Å². The van der Waals surface area contributed by atoms with E-state index in [4.69, 9.17) is 19.6 Å². The number of hydrogen-bond acceptors (Lipinski definition) is 7. The Morgan fingerprint density at radius 3 is 2.43 bits per heavy atom. The van der Waals surface area contributed by atoms with Crippen molar-refractivity contribution in [2.45, 2.75) is 89.0 Å². The van der Waals surface area contributed by atoms with E-state index in [0.29, 0.717) is 17.8 Å². The summed E-state index contributed by atoms with van der Waals surface area (Å²) in [6, 6.07) is 15.0. The van der Waals surface area contributed by atoms with Crippen molar-refractivity contribution < 1.29 is 24.2 Å². The third-order valence-electron chi connectivity index (χ3n) is 10.1. The highest BCUT2D eigenvalue weighted by Gasteiger charge is 2.34. The van der Waals surface area contributed by atoms with E-state index in [2.05, 4.69) is 59.6 Å². The number of aryl methyl sites for hydroxylation is 1. The van der Waals surface area contributed by atoms with Gasteiger partial charge in [-0.05, 0) is 118 Å². The van der Waals surface area contributed by atoms with Gasteiger partial charge in [0.15, 0.2) is 0 Å². The number of nitrogens with zero attached hydrogens (tertiary/aromatic N) is 2. The van der Waals surface area contributed by atoms with E-state index < -0.39 is 6.09 Å². The first-order chi connectivity index (χ1) is 22.4. The molecule has 46 heavy (non-hydrogen) atoms. The van der Waals surface area contributed by atoms with Gasteiger partial charge in [-0.1, -0.05) is 24.3 Å². The molecule has 1 aromatic heterocycles. The van der Waals surface area contributed by atoms with E-state index in [1.807, 2.05) is 6.20 Å². The van der Waals surface area contributed by atoms with E-state index in [1.165, 1.54) is 29.0 Å². The number of nitrogens with one attached hydrogen (secondary N) is 1. The van der Waals surface area contributed by atoms with Gasteiger partial charge < -0.3 is 24.8 Å². The molecule has 3 fully saturated rings. The topological polar surface area (TPSA) is 101 Å². The number of carbonyl (C=O) groups is 2. The van der Waals surface area contributed by atoms with Gasteiger partial charge in [0.05, 0.1) is 23.6 Å². The molecular weight excluding hydrogens is 598 g/mol. The van der Waals surface area contributed by atoms with Crippen molar-refractivity contribution in [3.05, 3.63) is 64.8 Å². The van der Waals surface area contributed by atoms with Crippen molar-refractivity contribution >= 4 is 29.0 Å². The molecule has 2 N–H and O–H groups in total. The molecule has 0 bridgehead atoms. The fraction of sp³-hybridized carbons (Fsp3) is 0.541. The highest BCUT2D eigenvalue weighted by Crippen LogP contribution is 2.44. The molecule has 0 spiro atoms. The fourth-order valence-corrected chi connectivity index (χ4v) is 8.32. The lowest BCUT2D eigenvalue weighted by molar-refractivity contribution is -0.123. The SMILES string of the molecule is COc1ccc([C@H]2CC[C@H](CN(c3cccc(-c4cnc(C5CC5)s4)c3)C(=O)[C@H]3CC[C@H](NC(=O)OCCO)CC3)CC2)cc1C. The van der Waals surface area contributed by atoms with Crippen LogP contribution in [-0.4, -0.2) is 55.0 Å². The second kappa shape index (κ2) is 15.0. The number of aromatic nitrogens is 1. The lowest BCUT2D eigenvalue weighted by Crippen LogP contribution is -2.44. The van der Waals surface area contributed by atoms with Crippen LogP contribution in [0.1, 0.15) is 92.2 Å². The Morgan fingerprint density at radius 1 is 0.978 bits per heavy atom. The summed E-state index contributed by atoms with van der Waals surface area (Å²) >= 11 is 1.78. The monoisotopic (exact) mass is 645 g/mol. The molecule has 8 nitrogen and oxygen atoms in total. The van der Waals surface area contributed by atoms with E-state index in [-0.39, 0.29) is 31.1 Å². The molecule has 0 unspecified atom stereocenters. The minimum Gasteiger partial charge on any atom is -0.496 e. The first-order valence-electron chi connectivity index (χ1n) is 17.0. The summed E-state index contributed by atoms with van der Waals surface area (Å²) in [5.41, 5.74) is 4.64. The predicted octanol–water partition coefficient (Wildman–Crippen LogP) is 7.59. The highest BCUT2D eigenvalue weighted by molar-refractivity contribution is 7.15. The number of benzene rings is 2. The van der Waals surface area contributed by atoms with Gasteiger partial charge in [0.1, 0.15) is 12.4 Å². The van der Waals surface area contributed by atoms with Crippen molar-refractivity contribution in [3.63, 3.8) is 0 Å². The summed E-state index contributed by atoms with van der Waals surface area (Å²) in [5.74, 6) is 2.63. The van der Waals surface area contributed by atoms with Crippen molar-refractivity contribution in [2.75, 3.05) is 31.8 Å². The first kappa shape index (κ1) is 32.5. The molecular formula is C37H47N3O5S. The zero-order chi connectivity index (χ0) is 32.0. The van der Waals surface area contributed by atoms with Gasteiger partial charge in [-0.25, -0.2) is 9.78 Å². The Labute approximate surface area is 276 Å². The van der Waals surface area contributed by atoms with Crippen LogP contribution in [-0.2, 0) is 9.53 Å². The molecule has 3 aromatic rings. The van der Waals surface area contributed by atoms with E-state index in [1.54, 1.807) is 18.4 Å². The van der Waals surface area contributed by atoms with Crippen LogP contribution in [0.2, 0.25) is 0 Å². The molecule has 6 rings (SSSR count). The molecule has 9 heteroatoms. The summed E-state index contributed by atoms with van der Waals surface area (Å²) in [5, 5.41) is 13.0. The van der Waals surface area contributed by atoms with Crippen LogP contribution in [0.3, 0.4) is 0 Å². The summed E-state index contributed by atoms with van der Waals surface area (Å²) in [7, 11) is 1.72. The molecule has 3 aliphatic carbocycles. The average molecular weight is 646 g/mol. The van der Waals surface area contributed by atoms with Gasteiger partial charge in [0.25, 0.3) is 0 Å². The molecule has 3 aliphatic rings. The number of carbonyl (C=O) groups excluding carboxylic acids is 2. The minimum absolute atomic E-state index is 0.0151. The maximum absolute atomic E-state index is 14.3. The van der Waals surface area contributed by atoms with Crippen LogP contribution in [0.5, 0.6) is 5.75 Å². The van der Waals surface area contributed by atoms with Crippen LogP contribution < -0.4 is 15.0 Å². The number of alkyl carbamates (subject to hydrolysis) is 1. The fourth-order valence-electron chi connectivity index (χ4n) is 7.23. The van der Waals surface area contributed by atoms with Crippen LogP contribution >= 0.6 is 11.3 Å². The van der Waals surface area contributed by atoms with Crippen LogP contribution in [0.15, 0.2) is 48.7 Å². The van der Waals surface area contributed by atoms with E-state index in [9.17, 15) is 9.59 Å². The zero-order valence-corrected chi connectivity index (χ0v) is 27.9. The maximum Gasteiger partial charge on any atom is 0.407 e. The van der Waals surface area contributed by atoms with Crippen molar-refractivity contribution in [1.29, 1.82) is 0 Å². The van der Waals surface area contributed by atoms with Crippen molar-refractivity contribution in [2.24, 2.45) is 11.8 Å². The molecule has 3 saturated carbocycles. The standard InChI is InChI=1S/C37H47N3O5S/c1-24-20-29(14-17-33(24)44-2)26-8-6-25(7-9-26)23-40(36(42)28-12-15-31(16-13-28)39-37(43)45-19-18-41)32-5-3-4-30(21-32)34-22-38-35(46-34)27-10-11-27/h3-5,14,17,20-22,25-28,31,41H,6-13,15-16,18-19,23H2,1-2H3,(H,39,43)/t25-,26-,28-,31-. The van der Waals surface area contributed by atoms with Gasteiger partial charge in [0, 0.05) is 36.3 Å². The highest BCUT2D eigenvalue weighted by atomic mass is 32.1. The molecule has 2 aromatic carbocycles. The molecule has 1 heterocycles. The maximum atomic E-state index is 14.3. The number of ether oxygens (including phenoxy) is 2. The molecule has 0 atom stereocenters. The van der Waals surface area contributed by atoms with E-state index in [0.717, 1.165) is 79.8 Å². The summed E-state index contributed by atoms with van der Waals surface area (Å²) < 4.78 is 10.5. The van der Waals surface area contributed by atoms with Gasteiger partial charge in [-0.15, -0.1) is 11.3 Å². The Hall–Kier alpha value is -3.43. The number of hydrogen-bond donors (Lipinski definition) is 2. The molecule has 0 saturated heterocycles. The van der Waals surface area contributed by atoms with Crippen LogP contribution in [0.4, 0.5) is 10.5 Å². The quantitative estimate of drug-likeness (QED) is 0.223. The second-order valence-electron chi connectivity index (χ2n) is 13.3. The van der Waals surface area contributed by atoms with Crippen molar-refractivity contribution in [1.82, 2.24) is 10.3 Å². The number of aliphatic hydroxyl groups excluding tert-OH is 1. The number of thiazole rings is 1. The van der Waals surface area contributed by atoms with Gasteiger partial charge in [-0.3, -0.25) is 4.79 Å². The largest absolute Gasteiger partial charge is 0.496 e. The van der Waals surface area contributed by atoms with Gasteiger partial charge in [-0.2, -0.15) is 0 Å². The Bertz CT molecular complexity index is 1490. The average Bonchev–Trinajstić information content (AvgIpc) is 3.82. The van der Waals surface area contributed by atoms with Crippen LogP contribution in [0, 0.1) is 18.8 Å². The summed E-state index contributed by atoms with van der Waals surface area (Å²) in [4.78, 5) is 34.3. The second-order valence-corrected chi connectivity index (χ2v) is 14.4. The number of methoxy groups -OCH3 is 1. The van der Waals surface area contributed by atoms with Crippen LogP contribution in [0.25, 0.3) is 10.4 Å². The summed E-state index contributed by atoms with van der Waals surface area (Å²) in [6.45, 7) is 2.62. The number of anilines is 1. The lowest BCUT2D eigenvalue weighted by Gasteiger charge is -2.36.